The molecule has 2 unspecified atom stereocenters. The molecule has 3 N–H and O–H groups in total. The lowest BCUT2D eigenvalue weighted by molar-refractivity contribution is 0.0755. The summed E-state index contributed by atoms with van der Waals surface area (Å²) in [7, 11) is 1.40. The standard InChI is InChI=1S/C24H26N4O5/c1-3-16(14-7-5-4-6-8-14)26-18-19(22(31)21(18)30)27-17-9-11-25-20(23(17)33-2)24(32)28-12-10-15(29)13-28/h4-9,11,15-16,26,29H,3,10,12-13H2,1-2H3,(H,25,27). The Hall–Kier alpha value is -3.72. The van der Waals surface area contributed by atoms with Crippen molar-refractivity contribution in [3.63, 3.8) is 0 Å². The van der Waals surface area contributed by atoms with Gasteiger partial charge in [-0.3, -0.25) is 14.4 Å². The summed E-state index contributed by atoms with van der Waals surface area (Å²) >= 11 is 0. The Bertz CT molecular complexity index is 1220. The molecule has 9 nitrogen and oxygen atoms in total. The van der Waals surface area contributed by atoms with Gasteiger partial charge in [0.15, 0.2) is 11.4 Å². The Kier molecular flexibility index (Phi) is 6.41. The molecule has 0 saturated carbocycles. The largest absolute Gasteiger partial charge is 0.492 e. The molecule has 1 saturated heterocycles. The zero-order valence-corrected chi connectivity index (χ0v) is 18.5. The molecule has 2 heterocycles. The fourth-order valence-corrected chi connectivity index (χ4v) is 4.05. The van der Waals surface area contributed by atoms with Gasteiger partial charge < -0.3 is 25.4 Å². The third-order valence-electron chi connectivity index (χ3n) is 5.86. The highest BCUT2D eigenvalue weighted by atomic mass is 16.5. The highest BCUT2D eigenvalue weighted by Gasteiger charge is 2.30. The summed E-state index contributed by atoms with van der Waals surface area (Å²) < 4.78 is 5.45. The number of nitrogens with zero attached hydrogens (tertiary/aromatic N) is 2. The molecule has 1 amide bonds. The van der Waals surface area contributed by atoms with Gasteiger partial charge in [-0.1, -0.05) is 37.3 Å². The topological polar surface area (TPSA) is 121 Å². The fourth-order valence-electron chi connectivity index (χ4n) is 4.05. The summed E-state index contributed by atoms with van der Waals surface area (Å²) in [5.41, 5.74) is 0.497. The van der Waals surface area contributed by atoms with Gasteiger partial charge in [-0.05, 0) is 24.5 Å². The van der Waals surface area contributed by atoms with Crippen LogP contribution in [-0.4, -0.2) is 47.2 Å². The molecule has 0 aliphatic carbocycles. The van der Waals surface area contributed by atoms with Gasteiger partial charge in [0, 0.05) is 19.3 Å². The number of aromatic nitrogens is 1. The second kappa shape index (κ2) is 9.41. The van der Waals surface area contributed by atoms with Crippen LogP contribution in [0.15, 0.2) is 52.2 Å². The molecule has 1 fully saturated rings. The van der Waals surface area contributed by atoms with E-state index in [0.29, 0.717) is 25.1 Å². The van der Waals surface area contributed by atoms with Gasteiger partial charge in [0.25, 0.3) is 16.8 Å². The molecular formula is C24H26N4O5. The highest BCUT2D eigenvalue weighted by molar-refractivity contribution is 5.97. The number of pyridine rings is 1. The first-order valence-corrected chi connectivity index (χ1v) is 10.9. The van der Waals surface area contributed by atoms with E-state index >= 15 is 0 Å². The van der Waals surface area contributed by atoms with Crippen molar-refractivity contribution in [3.05, 3.63) is 74.3 Å². The number of amides is 1. The van der Waals surface area contributed by atoms with Gasteiger partial charge in [-0.25, -0.2) is 4.98 Å². The number of ether oxygens (including phenoxy) is 1. The number of hydrogen-bond acceptors (Lipinski definition) is 8. The summed E-state index contributed by atoms with van der Waals surface area (Å²) in [5, 5.41) is 15.9. The number of carbonyl (C=O) groups excluding carboxylic acids is 1. The average molecular weight is 450 g/mol. The zero-order chi connectivity index (χ0) is 23.5. The predicted octanol–water partition coefficient (Wildman–Crippen LogP) is 2.20. The van der Waals surface area contributed by atoms with Crippen LogP contribution in [0.5, 0.6) is 5.75 Å². The van der Waals surface area contributed by atoms with Crippen LogP contribution in [0.3, 0.4) is 0 Å². The lowest BCUT2D eigenvalue weighted by atomic mass is 10.0. The first-order chi connectivity index (χ1) is 15.9. The van der Waals surface area contributed by atoms with E-state index in [1.807, 2.05) is 37.3 Å². The zero-order valence-electron chi connectivity index (χ0n) is 18.5. The molecule has 172 valence electrons. The summed E-state index contributed by atoms with van der Waals surface area (Å²) in [6.45, 7) is 2.64. The van der Waals surface area contributed by atoms with E-state index < -0.39 is 17.0 Å². The lowest BCUT2D eigenvalue weighted by Crippen LogP contribution is -2.37. The summed E-state index contributed by atoms with van der Waals surface area (Å²) in [5.74, 6) is -0.205. The van der Waals surface area contributed by atoms with Crippen LogP contribution < -0.4 is 26.2 Å². The maximum absolute atomic E-state index is 12.9. The molecule has 33 heavy (non-hydrogen) atoms. The summed E-state index contributed by atoms with van der Waals surface area (Å²) in [6.07, 6.45) is 2.09. The third kappa shape index (κ3) is 4.31. The number of β-amino-alcohol motifs (C(OH)–C–C–N with tert-alkyl or cyclic N) is 1. The minimum atomic E-state index is -0.644. The molecule has 2 aromatic carbocycles. The van der Waals surface area contributed by atoms with Crippen LogP contribution in [-0.2, 0) is 0 Å². The first-order valence-electron chi connectivity index (χ1n) is 10.9. The van der Waals surface area contributed by atoms with E-state index in [9.17, 15) is 19.5 Å². The van der Waals surface area contributed by atoms with E-state index in [1.54, 1.807) is 6.07 Å². The lowest BCUT2D eigenvalue weighted by Gasteiger charge is -2.23. The molecule has 9 heteroatoms. The van der Waals surface area contributed by atoms with Crippen LogP contribution in [0, 0.1) is 0 Å². The van der Waals surface area contributed by atoms with Crippen LogP contribution in [0.25, 0.3) is 0 Å². The van der Waals surface area contributed by atoms with Crippen LogP contribution in [0.2, 0.25) is 0 Å². The second-order valence-electron chi connectivity index (χ2n) is 7.98. The maximum Gasteiger partial charge on any atom is 0.276 e. The molecule has 0 radical (unpaired) electrons. The molecular weight excluding hydrogens is 424 g/mol. The van der Waals surface area contributed by atoms with Gasteiger partial charge in [-0.2, -0.15) is 0 Å². The molecule has 0 spiro atoms. The first kappa shape index (κ1) is 22.5. The number of methoxy groups -OCH3 is 1. The van der Waals surface area contributed by atoms with Crippen molar-refractivity contribution < 1.29 is 14.6 Å². The molecule has 3 aromatic rings. The molecule has 2 atom stereocenters. The Labute approximate surface area is 190 Å². The second-order valence-corrected chi connectivity index (χ2v) is 7.98. The summed E-state index contributed by atoms with van der Waals surface area (Å²) in [6, 6.07) is 11.1. The van der Waals surface area contributed by atoms with Gasteiger partial charge >= 0.3 is 0 Å². The van der Waals surface area contributed by atoms with E-state index in [1.165, 1.54) is 18.2 Å². The van der Waals surface area contributed by atoms with Crippen molar-refractivity contribution in [2.45, 2.75) is 31.9 Å². The number of anilines is 3. The van der Waals surface area contributed by atoms with Gasteiger partial charge in [0.1, 0.15) is 11.4 Å². The Morgan fingerprint density at radius 2 is 1.94 bits per heavy atom. The maximum atomic E-state index is 12.9. The predicted molar refractivity (Wildman–Crippen MR) is 125 cm³/mol. The fraction of sp³-hybridized carbons (Fsp3) is 0.333. The Morgan fingerprint density at radius 3 is 2.58 bits per heavy atom. The number of hydrogen-bond donors (Lipinski definition) is 3. The van der Waals surface area contributed by atoms with Crippen molar-refractivity contribution in [1.82, 2.24) is 9.88 Å². The molecule has 1 aliphatic heterocycles. The van der Waals surface area contributed by atoms with Crippen molar-refractivity contribution >= 4 is 23.0 Å². The van der Waals surface area contributed by atoms with Crippen LogP contribution in [0.4, 0.5) is 17.1 Å². The average Bonchev–Trinajstić information content (AvgIpc) is 3.29. The molecule has 0 bridgehead atoms. The van der Waals surface area contributed by atoms with E-state index in [0.717, 1.165) is 5.56 Å². The van der Waals surface area contributed by atoms with E-state index in [2.05, 4.69) is 15.6 Å². The van der Waals surface area contributed by atoms with Crippen LogP contribution >= 0.6 is 0 Å². The third-order valence-corrected chi connectivity index (χ3v) is 5.86. The van der Waals surface area contributed by atoms with E-state index in [4.69, 9.17) is 4.74 Å². The van der Waals surface area contributed by atoms with Gasteiger partial charge in [-0.15, -0.1) is 0 Å². The minimum Gasteiger partial charge on any atom is -0.492 e. The van der Waals surface area contributed by atoms with Crippen molar-refractivity contribution in [2.75, 3.05) is 30.8 Å². The molecule has 1 aromatic heterocycles. The SMILES string of the molecule is CCC(Nc1c(Nc2ccnc(C(=O)N3CCC(O)C3)c2OC)c(=O)c1=O)c1ccccc1. The number of benzene rings is 1. The normalized spacial score (nSPS) is 16.6. The Morgan fingerprint density at radius 1 is 1.21 bits per heavy atom. The highest BCUT2D eigenvalue weighted by Crippen LogP contribution is 2.33. The van der Waals surface area contributed by atoms with Crippen molar-refractivity contribution in [3.8, 4) is 5.75 Å². The quantitative estimate of drug-likeness (QED) is 0.447. The van der Waals surface area contributed by atoms with Gasteiger partial charge in [0.05, 0.1) is 24.9 Å². The summed E-state index contributed by atoms with van der Waals surface area (Å²) in [4.78, 5) is 43.3. The number of aliphatic hydroxyl groups excluding tert-OH is 1. The number of rotatable bonds is 8. The van der Waals surface area contributed by atoms with Crippen molar-refractivity contribution in [1.29, 1.82) is 0 Å². The molecule has 1 aliphatic rings. The van der Waals surface area contributed by atoms with E-state index in [-0.39, 0.29) is 41.3 Å². The Balaban J connectivity index is 1.61. The van der Waals surface area contributed by atoms with Gasteiger partial charge in [0.2, 0.25) is 0 Å². The minimum absolute atomic E-state index is 0.0699. The van der Waals surface area contributed by atoms with Crippen LogP contribution in [0.1, 0.15) is 41.9 Å². The monoisotopic (exact) mass is 450 g/mol. The number of likely N-dealkylation sites (tertiary alicyclic amines) is 1. The van der Waals surface area contributed by atoms with Crippen molar-refractivity contribution in [2.24, 2.45) is 0 Å². The molecule has 4 rings (SSSR count). The number of carbonyl (C=O) groups is 1. The number of aliphatic hydroxyl groups is 1. The smallest absolute Gasteiger partial charge is 0.276 e. The number of nitrogens with one attached hydrogen (secondary N) is 2.